The first-order chi connectivity index (χ1) is 5.57. The second kappa shape index (κ2) is 2.66. The van der Waals surface area contributed by atoms with E-state index in [4.69, 9.17) is 0 Å². The van der Waals surface area contributed by atoms with Crippen LogP contribution >= 0.6 is 11.8 Å². The van der Waals surface area contributed by atoms with Crippen LogP contribution in [-0.2, 0) is 0 Å². The molecule has 1 aliphatic heterocycles. The fourth-order valence-electron chi connectivity index (χ4n) is 1.31. The summed E-state index contributed by atoms with van der Waals surface area (Å²) in [5, 5.41) is 4.60. The fourth-order valence-corrected chi connectivity index (χ4v) is 2.44. The number of thioether (sulfide) groups is 1. The van der Waals surface area contributed by atoms with Gasteiger partial charge in [-0.15, -0.1) is 0 Å². The molecule has 1 N–H and O–H groups in total. The van der Waals surface area contributed by atoms with Crippen LogP contribution in [-0.4, -0.2) is 22.5 Å². The van der Waals surface area contributed by atoms with E-state index < -0.39 is 0 Å². The molecule has 0 aromatic rings. The highest BCUT2D eigenvalue weighted by molar-refractivity contribution is 8.14. The van der Waals surface area contributed by atoms with Gasteiger partial charge in [-0.3, -0.25) is 4.99 Å². The summed E-state index contributed by atoms with van der Waals surface area (Å²) >= 11 is 1.86. The number of hydrogen-bond donors (Lipinski definition) is 1. The molecule has 0 spiro atoms. The van der Waals surface area contributed by atoms with Crippen LogP contribution in [0.1, 0.15) is 27.2 Å². The summed E-state index contributed by atoms with van der Waals surface area (Å²) in [6.07, 6.45) is 1.28. The van der Waals surface area contributed by atoms with Crippen LogP contribution < -0.4 is 5.32 Å². The first-order valence-electron chi connectivity index (χ1n) is 4.56. The Morgan fingerprint density at radius 3 is 2.67 bits per heavy atom. The molecule has 0 aromatic carbocycles. The van der Waals surface area contributed by atoms with Crippen LogP contribution in [0.3, 0.4) is 0 Å². The molecule has 12 heavy (non-hydrogen) atoms. The van der Waals surface area contributed by atoms with Crippen molar-refractivity contribution in [3.05, 3.63) is 0 Å². The second-order valence-electron chi connectivity index (χ2n) is 4.51. The van der Waals surface area contributed by atoms with E-state index in [0.29, 0.717) is 6.04 Å². The number of rotatable bonds is 1. The summed E-state index contributed by atoms with van der Waals surface area (Å²) in [5.74, 6) is 1.97. The zero-order valence-corrected chi connectivity index (χ0v) is 8.74. The van der Waals surface area contributed by atoms with Crippen molar-refractivity contribution in [2.45, 2.75) is 38.8 Å². The largest absolute Gasteiger partial charge is 0.359 e. The van der Waals surface area contributed by atoms with Crippen molar-refractivity contribution in [3.63, 3.8) is 0 Å². The van der Waals surface area contributed by atoms with Gasteiger partial charge in [0.25, 0.3) is 0 Å². The maximum atomic E-state index is 4.63. The van der Waals surface area contributed by atoms with E-state index in [1.54, 1.807) is 0 Å². The van der Waals surface area contributed by atoms with Crippen molar-refractivity contribution in [2.24, 2.45) is 10.9 Å². The molecular formula is C9H16N2S. The molecule has 1 saturated carbocycles. The normalized spacial score (nSPS) is 41.4. The second-order valence-corrected chi connectivity index (χ2v) is 5.48. The molecule has 3 heteroatoms. The SMILES string of the molecule is CC1CC1N=C1NC(C)(C)CS1. The molecule has 1 saturated heterocycles. The quantitative estimate of drug-likeness (QED) is 0.672. The third-order valence-corrected chi connectivity index (χ3v) is 3.71. The minimum Gasteiger partial charge on any atom is -0.359 e. The van der Waals surface area contributed by atoms with Gasteiger partial charge in [0, 0.05) is 11.3 Å². The van der Waals surface area contributed by atoms with E-state index >= 15 is 0 Å². The molecule has 2 atom stereocenters. The van der Waals surface area contributed by atoms with Crippen molar-refractivity contribution in [2.75, 3.05) is 5.75 Å². The van der Waals surface area contributed by atoms with Crippen molar-refractivity contribution in [1.29, 1.82) is 0 Å². The predicted molar refractivity (Wildman–Crippen MR) is 54.7 cm³/mol. The van der Waals surface area contributed by atoms with Gasteiger partial charge in [-0.2, -0.15) is 0 Å². The molecule has 0 bridgehead atoms. The molecule has 0 aromatic heterocycles. The summed E-state index contributed by atoms with van der Waals surface area (Å²) in [7, 11) is 0. The average Bonchev–Trinajstić information content (AvgIpc) is 2.49. The Bertz CT molecular complexity index is 223. The fraction of sp³-hybridized carbons (Fsp3) is 0.889. The lowest BCUT2D eigenvalue weighted by Gasteiger charge is -2.15. The average molecular weight is 184 g/mol. The van der Waals surface area contributed by atoms with Crippen molar-refractivity contribution >= 4 is 16.9 Å². The molecule has 0 radical (unpaired) electrons. The standard InChI is InChI=1S/C9H16N2S/c1-6-4-7(6)10-8-11-9(2,3)5-12-8/h6-7H,4-5H2,1-3H3,(H,10,11). The molecular weight excluding hydrogens is 168 g/mol. The third-order valence-electron chi connectivity index (χ3n) is 2.37. The number of amidine groups is 1. The van der Waals surface area contributed by atoms with Gasteiger partial charge in [0.15, 0.2) is 5.17 Å². The van der Waals surface area contributed by atoms with Crippen LogP contribution in [0.15, 0.2) is 4.99 Å². The van der Waals surface area contributed by atoms with E-state index in [1.807, 2.05) is 11.8 Å². The summed E-state index contributed by atoms with van der Waals surface area (Å²) in [4.78, 5) is 4.63. The van der Waals surface area contributed by atoms with Crippen molar-refractivity contribution in [1.82, 2.24) is 5.32 Å². The Balaban J connectivity index is 1.95. The number of nitrogens with one attached hydrogen (secondary N) is 1. The van der Waals surface area contributed by atoms with Crippen LogP contribution in [0.4, 0.5) is 0 Å². The lowest BCUT2D eigenvalue weighted by molar-refractivity contribution is 0.536. The smallest absolute Gasteiger partial charge is 0.157 e. The van der Waals surface area contributed by atoms with Crippen LogP contribution in [0.2, 0.25) is 0 Å². The monoisotopic (exact) mass is 184 g/mol. The molecule has 68 valence electrons. The molecule has 1 heterocycles. The van der Waals surface area contributed by atoms with E-state index in [2.05, 4.69) is 31.1 Å². The van der Waals surface area contributed by atoms with E-state index in [-0.39, 0.29) is 5.54 Å². The van der Waals surface area contributed by atoms with E-state index in [9.17, 15) is 0 Å². The Labute approximate surface area is 78.2 Å². The van der Waals surface area contributed by atoms with Crippen molar-refractivity contribution in [3.8, 4) is 0 Å². The summed E-state index contributed by atoms with van der Waals surface area (Å²) in [6.45, 7) is 6.71. The summed E-state index contributed by atoms with van der Waals surface area (Å²) in [6, 6.07) is 0.619. The Hall–Kier alpha value is -0.180. The van der Waals surface area contributed by atoms with Crippen LogP contribution in [0, 0.1) is 5.92 Å². The lowest BCUT2D eigenvalue weighted by atomic mass is 10.1. The van der Waals surface area contributed by atoms with E-state index in [1.165, 1.54) is 6.42 Å². The highest BCUT2D eigenvalue weighted by atomic mass is 32.2. The Kier molecular flexibility index (Phi) is 1.86. The van der Waals surface area contributed by atoms with Crippen molar-refractivity contribution < 1.29 is 0 Å². The minimum absolute atomic E-state index is 0.252. The zero-order chi connectivity index (χ0) is 8.77. The predicted octanol–water partition coefficient (Wildman–Crippen LogP) is 1.87. The topological polar surface area (TPSA) is 24.4 Å². The van der Waals surface area contributed by atoms with Crippen LogP contribution in [0.25, 0.3) is 0 Å². The molecule has 1 aliphatic carbocycles. The highest BCUT2D eigenvalue weighted by Gasteiger charge is 2.35. The highest BCUT2D eigenvalue weighted by Crippen LogP contribution is 2.34. The lowest BCUT2D eigenvalue weighted by Crippen LogP contribution is -2.37. The van der Waals surface area contributed by atoms with Gasteiger partial charge in [-0.1, -0.05) is 18.7 Å². The molecule has 0 amide bonds. The maximum absolute atomic E-state index is 4.63. The molecule has 2 aliphatic rings. The van der Waals surface area contributed by atoms with Crippen LogP contribution in [0.5, 0.6) is 0 Å². The van der Waals surface area contributed by atoms with Gasteiger partial charge < -0.3 is 5.32 Å². The zero-order valence-electron chi connectivity index (χ0n) is 7.92. The van der Waals surface area contributed by atoms with Gasteiger partial charge in [0.2, 0.25) is 0 Å². The minimum atomic E-state index is 0.252. The molecule has 2 nitrogen and oxygen atoms in total. The molecule has 2 unspecified atom stereocenters. The first-order valence-corrected chi connectivity index (χ1v) is 5.54. The third kappa shape index (κ3) is 1.76. The van der Waals surface area contributed by atoms with Gasteiger partial charge in [-0.05, 0) is 26.2 Å². The number of aliphatic imine (C=N–C) groups is 1. The number of nitrogens with zero attached hydrogens (tertiary/aromatic N) is 1. The van der Waals surface area contributed by atoms with E-state index in [0.717, 1.165) is 16.8 Å². The summed E-state index contributed by atoms with van der Waals surface area (Å²) in [5.41, 5.74) is 0.252. The van der Waals surface area contributed by atoms with Gasteiger partial charge >= 0.3 is 0 Å². The summed E-state index contributed by atoms with van der Waals surface area (Å²) < 4.78 is 0. The maximum Gasteiger partial charge on any atom is 0.157 e. The van der Waals surface area contributed by atoms with Gasteiger partial charge in [-0.25, -0.2) is 0 Å². The number of hydrogen-bond acceptors (Lipinski definition) is 2. The van der Waals surface area contributed by atoms with Gasteiger partial charge in [0.1, 0.15) is 0 Å². The Morgan fingerprint density at radius 2 is 2.25 bits per heavy atom. The Morgan fingerprint density at radius 1 is 1.58 bits per heavy atom. The van der Waals surface area contributed by atoms with Gasteiger partial charge in [0.05, 0.1) is 6.04 Å². The first kappa shape index (κ1) is 8.42. The molecule has 2 fully saturated rings. The molecule has 2 rings (SSSR count).